The molecule has 1 aromatic carbocycles. The van der Waals surface area contributed by atoms with Crippen LogP contribution in [0, 0.1) is 0 Å². The number of fused-ring (bicyclic) bond motifs is 1. The van der Waals surface area contributed by atoms with Crippen LogP contribution < -0.4 is 0 Å². The number of hydrogen-bond donors (Lipinski definition) is 0. The van der Waals surface area contributed by atoms with Gasteiger partial charge in [0, 0.05) is 12.3 Å². The zero-order chi connectivity index (χ0) is 11.0. The molecule has 0 radical (unpaired) electrons. The molecule has 0 bridgehead atoms. The van der Waals surface area contributed by atoms with Gasteiger partial charge in [0.2, 0.25) is 0 Å². The summed E-state index contributed by atoms with van der Waals surface area (Å²) in [4.78, 5) is 15.1. The Labute approximate surface area is 98.3 Å². The fourth-order valence-corrected chi connectivity index (χ4v) is 3.16. The standard InChI is InChI=1S/C13H13NOS/c15-7-6-9-4-5-12-11(8-9)14-13(16-12)10-2-1-3-10/h4-5,7-8,10H,1-3,6H2. The molecular formula is C13H13NOS. The lowest BCUT2D eigenvalue weighted by atomic mass is 9.86. The summed E-state index contributed by atoms with van der Waals surface area (Å²) in [7, 11) is 0. The molecule has 3 rings (SSSR count). The van der Waals surface area contributed by atoms with E-state index in [-0.39, 0.29) is 0 Å². The molecule has 0 atom stereocenters. The molecule has 1 heterocycles. The molecule has 1 aromatic heterocycles. The van der Waals surface area contributed by atoms with Gasteiger partial charge in [-0.1, -0.05) is 12.5 Å². The van der Waals surface area contributed by atoms with Gasteiger partial charge in [-0.05, 0) is 30.5 Å². The molecule has 82 valence electrons. The molecule has 1 fully saturated rings. The Bertz CT molecular complexity index is 528. The van der Waals surface area contributed by atoms with Crippen molar-refractivity contribution >= 4 is 27.8 Å². The Hall–Kier alpha value is -1.22. The first-order chi connectivity index (χ1) is 7.86. The molecule has 2 nitrogen and oxygen atoms in total. The molecule has 0 amide bonds. The normalized spacial score (nSPS) is 16.2. The maximum Gasteiger partial charge on any atom is 0.124 e. The van der Waals surface area contributed by atoms with Gasteiger partial charge in [-0.3, -0.25) is 0 Å². The minimum absolute atomic E-state index is 0.492. The molecule has 2 aromatic rings. The summed E-state index contributed by atoms with van der Waals surface area (Å²) >= 11 is 1.81. The summed E-state index contributed by atoms with van der Waals surface area (Å²) in [6.07, 6.45) is 5.37. The van der Waals surface area contributed by atoms with Crippen LogP contribution in [0.4, 0.5) is 0 Å². The minimum Gasteiger partial charge on any atom is -0.303 e. The highest BCUT2D eigenvalue weighted by atomic mass is 32.1. The van der Waals surface area contributed by atoms with E-state index >= 15 is 0 Å². The van der Waals surface area contributed by atoms with Crippen LogP contribution in [-0.2, 0) is 11.2 Å². The average Bonchev–Trinajstić information content (AvgIpc) is 2.57. The number of carbonyl (C=O) groups excluding carboxylic acids is 1. The molecule has 0 aliphatic heterocycles. The van der Waals surface area contributed by atoms with Crippen molar-refractivity contribution in [3.63, 3.8) is 0 Å². The highest BCUT2D eigenvalue weighted by Gasteiger charge is 2.22. The second-order valence-corrected chi connectivity index (χ2v) is 5.42. The SMILES string of the molecule is O=CCc1ccc2sc(C3CCC3)nc2c1. The van der Waals surface area contributed by atoms with Crippen LogP contribution in [0.5, 0.6) is 0 Å². The zero-order valence-corrected chi connectivity index (χ0v) is 9.80. The van der Waals surface area contributed by atoms with E-state index < -0.39 is 0 Å². The van der Waals surface area contributed by atoms with Crippen LogP contribution in [-0.4, -0.2) is 11.3 Å². The number of rotatable bonds is 3. The summed E-state index contributed by atoms with van der Waals surface area (Å²) < 4.78 is 1.25. The third-order valence-electron chi connectivity index (χ3n) is 3.24. The van der Waals surface area contributed by atoms with Crippen molar-refractivity contribution in [2.75, 3.05) is 0 Å². The molecule has 0 spiro atoms. The second kappa shape index (κ2) is 3.98. The third-order valence-corrected chi connectivity index (χ3v) is 4.44. The lowest BCUT2D eigenvalue weighted by Gasteiger charge is -2.22. The fourth-order valence-electron chi connectivity index (χ4n) is 2.04. The van der Waals surface area contributed by atoms with Crippen LogP contribution in [0.25, 0.3) is 10.2 Å². The smallest absolute Gasteiger partial charge is 0.124 e. The van der Waals surface area contributed by atoms with Crippen LogP contribution in [0.1, 0.15) is 35.8 Å². The molecule has 0 saturated heterocycles. The lowest BCUT2D eigenvalue weighted by Crippen LogP contribution is -2.07. The van der Waals surface area contributed by atoms with Crippen molar-refractivity contribution in [2.45, 2.75) is 31.6 Å². The van der Waals surface area contributed by atoms with Gasteiger partial charge >= 0.3 is 0 Å². The quantitative estimate of drug-likeness (QED) is 0.759. The molecule has 0 unspecified atom stereocenters. The lowest BCUT2D eigenvalue weighted by molar-refractivity contribution is -0.107. The van der Waals surface area contributed by atoms with Gasteiger partial charge in [-0.2, -0.15) is 0 Å². The van der Waals surface area contributed by atoms with Gasteiger partial charge in [0.05, 0.1) is 15.2 Å². The van der Waals surface area contributed by atoms with Crippen LogP contribution in [0.2, 0.25) is 0 Å². The van der Waals surface area contributed by atoms with Crippen molar-refractivity contribution < 1.29 is 4.79 Å². The maximum absolute atomic E-state index is 10.5. The Morgan fingerprint density at radius 2 is 2.31 bits per heavy atom. The first-order valence-corrected chi connectivity index (χ1v) is 6.51. The van der Waals surface area contributed by atoms with E-state index in [4.69, 9.17) is 0 Å². The summed E-state index contributed by atoms with van der Waals surface area (Å²) in [6, 6.07) is 6.16. The zero-order valence-electron chi connectivity index (χ0n) is 8.98. The van der Waals surface area contributed by atoms with E-state index in [1.165, 1.54) is 29.0 Å². The Morgan fingerprint density at radius 1 is 1.44 bits per heavy atom. The molecule has 1 aliphatic rings. The second-order valence-electron chi connectivity index (χ2n) is 4.35. The number of benzene rings is 1. The average molecular weight is 231 g/mol. The van der Waals surface area contributed by atoms with Gasteiger partial charge < -0.3 is 4.79 Å². The van der Waals surface area contributed by atoms with Crippen LogP contribution in [0.3, 0.4) is 0 Å². The monoisotopic (exact) mass is 231 g/mol. The number of nitrogens with zero attached hydrogens (tertiary/aromatic N) is 1. The summed E-state index contributed by atoms with van der Waals surface area (Å²) in [5.41, 5.74) is 2.12. The molecule has 1 saturated carbocycles. The molecule has 0 N–H and O–H groups in total. The topological polar surface area (TPSA) is 30.0 Å². The fraction of sp³-hybridized carbons (Fsp3) is 0.385. The first-order valence-electron chi connectivity index (χ1n) is 5.70. The van der Waals surface area contributed by atoms with Gasteiger partial charge in [0.15, 0.2) is 0 Å². The summed E-state index contributed by atoms with van der Waals surface area (Å²) in [6.45, 7) is 0. The van der Waals surface area contributed by atoms with Crippen LogP contribution in [0.15, 0.2) is 18.2 Å². The van der Waals surface area contributed by atoms with Gasteiger partial charge in [-0.15, -0.1) is 11.3 Å². The highest BCUT2D eigenvalue weighted by molar-refractivity contribution is 7.18. The van der Waals surface area contributed by atoms with Crippen LogP contribution >= 0.6 is 11.3 Å². The van der Waals surface area contributed by atoms with Gasteiger partial charge in [-0.25, -0.2) is 4.98 Å². The first kappa shape index (κ1) is 9.97. The highest BCUT2D eigenvalue weighted by Crippen LogP contribution is 2.39. The summed E-state index contributed by atoms with van der Waals surface area (Å²) in [5.74, 6) is 0.701. The van der Waals surface area contributed by atoms with E-state index in [0.717, 1.165) is 17.4 Å². The van der Waals surface area contributed by atoms with E-state index in [0.29, 0.717) is 12.3 Å². The number of aromatic nitrogens is 1. The number of aldehydes is 1. The largest absolute Gasteiger partial charge is 0.303 e. The number of hydrogen-bond acceptors (Lipinski definition) is 3. The maximum atomic E-state index is 10.5. The molecule has 3 heteroatoms. The van der Waals surface area contributed by atoms with Crippen molar-refractivity contribution in [1.82, 2.24) is 4.98 Å². The molecule has 16 heavy (non-hydrogen) atoms. The third kappa shape index (κ3) is 1.65. The predicted octanol–water partition coefficient (Wildman–Crippen LogP) is 3.31. The Kier molecular flexibility index (Phi) is 2.48. The van der Waals surface area contributed by atoms with Crippen molar-refractivity contribution in [3.05, 3.63) is 28.8 Å². The van der Waals surface area contributed by atoms with E-state index in [9.17, 15) is 4.79 Å². The van der Waals surface area contributed by atoms with Gasteiger partial charge in [0.25, 0.3) is 0 Å². The van der Waals surface area contributed by atoms with E-state index in [1.54, 1.807) is 0 Å². The molecular weight excluding hydrogens is 218 g/mol. The molecule has 1 aliphatic carbocycles. The van der Waals surface area contributed by atoms with Crippen molar-refractivity contribution in [1.29, 1.82) is 0 Å². The van der Waals surface area contributed by atoms with E-state index in [2.05, 4.69) is 11.1 Å². The number of carbonyl (C=O) groups is 1. The van der Waals surface area contributed by atoms with Crippen molar-refractivity contribution in [2.24, 2.45) is 0 Å². The Balaban J connectivity index is 1.99. The predicted molar refractivity (Wildman–Crippen MR) is 66.0 cm³/mol. The van der Waals surface area contributed by atoms with Gasteiger partial charge in [0.1, 0.15) is 6.29 Å². The minimum atomic E-state index is 0.492. The number of thiazole rings is 1. The Morgan fingerprint density at radius 3 is 3.00 bits per heavy atom. The summed E-state index contributed by atoms with van der Waals surface area (Å²) in [5, 5.41) is 1.28. The van der Waals surface area contributed by atoms with E-state index in [1.807, 2.05) is 23.5 Å². The van der Waals surface area contributed by atoms with Crippen molar-refractivity contribution in [3.8, 4) is 0 Å².